The highest BCUT2D eigenvalue weighted by Gasteiger charge is 2.20. The Morgan fingerprint density at radius 2 is 2.26 bits per heavy atom. The topological polar surface area (TPSA) is 30.5 Å². The third kappa shape index (κ3) is 2.66. The van der Waals surface area contributed by atoms with Crippen LogP contribution in [0.1, 0.15) is 22.0 Å². The molecular formula is C15H17NO2S. The van der Waals surface area contributed by atoms with E-state index in [1.54, 1.807) is 18.4 Å². The highest BCUT2D eigenvalue weighted by molar-refractivity contribution is 7.10. The van der Waals surface area contributed by atoms with Gasteiger partial charge in [0, 0.05) is 6.54 Å². The third-order valence-electron chi connectivity index (χ3n) is 3.41. The second kappa shape index (κ2) is 5.74. The Balaban J connectivity index is 1.71. The van der Waals surface area contributed by atoms with Gasteiger partial charge in [0.05, 0.1) is 31.2 Å². The minimum atomic E-state index is 0.261. The van der Waals surface area contributed by atoms with Crippen LogP contribution in [0.5, 0.6) is 5.75 Å². The lowest BCUT2D eigenvalue weighted by Gasteiger charge is -2.26. The summed E-state index contributed by atoms with van der Waals surface area (Å²) in [5, 5.41) is 5.62. The molecule has 19 heavy (non-hydrogen) atoms. The van der Waals surface area contributed by atoms with E-state index in [9.17, 15) is 0 Å². The van der Waals surface area contributed by atoms with Gasteiger partial charge in [0.15, 0.2) is 0 Å². The molecule has 1 aromatic carbocycles. The molecule has 0 bridgehead atoms. The molecule has 2 aromatic rings. The van der Waals surface area contributed by atoms with Crippen LogP contribution in [-0.2, 0) is 17.9 Å². The molecule has 4 heteroatoms. The maximum absolute atomic E-state index is 5.64. The highest BCUT2D eigenvalue weighted by Crippen LogP contribution is 2.28. The van der Waals surface area contributed by atoms with E-state index in [-0.39, 0.29) is 6.04 Å². The zero-order valence-electron chi connectivity index (χ0n) is 10.9. The molecule has 1 atom stereocenters. The molecule has 0 saturated carbocycles. The Kier molecular flexibility index (Phi) is 3.82. The van der Waals surface area contributed by atoms with E-state index in [4.69, 9.17) is 9.47 Å². The summed E-state index contributed by atoms with van der Waals surface area (Å²) in [5.74, 6) is 0.961. The van der Waals surface area contributed by atoms with Gasteiger partial charge >= 0.3 is 0 Å². The van der Waals surface area contributed by atoms with Crippen molar-refractivity contribution in [3.05, 3.63) is 51.7 Å². The lowest BCUT2D eigenvalue weighted by Crippen LogP contribution is -2.29. The van der Waals surface area contributed by atoms with E-state index in [0.717, 1.165) is 25.5 Å². The summed E-state index contributed by atoms with van der Waals surface area (Å²) < 4.78 is 11.0. The van der Waals surface area contributed by atoms with Crippen LogP contribution in [0, 0.1) is 0 Å². The normalized spacial score (nSPS) is 18.1. The van der Waals surface area contributed by atoms with Gasteiger partial charge in [-0.05, 0) is 22.6 Å². The zero-order chi connectivity index (χ0) is 13.1. The van der Waals surface area contributed by atoms with Crippen LogP contribution in [-0.4, -0.2) is 13.7 Å². The molecule has 0 aliphatic carbocycles. The maximum atomic E-state index is 5.64. The first-order chi connectivity index (χ1) is 9.38. The lowest BCUT2D eigenvalue weighted by atomic mass is 9.99. The molecule has 3 nitrogen and oxygen atoms in total. The maximum Gasteiger partial charge on any atom is 0.134 e. The summed E-state index contributed by atoms with van der Waals surface area (Å²) in [6, 6.07) is 10.7. The fourth-order valence-electron chi connectivity index (χ4n) is 2.41. The number of hydrogen-bond donors (Lipinski definition) is 1. The van der Waals surface area contributed by atoms with Crippen LogP contribution in [0.4, 0.5) is 0 Å². The van der Waals surface area contributed by atoms with E-state index >= 15 is 0 Å². The van der Waals surface area contributed by atoms with Crippen LogP contribution < -0.4 is 10.1 Å². The average Bonchev–Trinajstić information content (AvgIpc) is 2.92. The summed E-state index contributed by atoms with van der Waals surface area (Å²) in [5.41, 5.74) is 2.63. The van der Waals surface area contributed by atoms with Gasteiger partial charge in [-0.15, -0.1) is 11.3 Å². The van der Waals surface area contributed by atoms with E-state index in [2.05, 4.69) is 35.0 Å². The Bertz CT molecular complexity index is 553. The second-order valence-electron chi connectivity index (χ2n) is 4.56. The van der Waals surface area contributed by atoms with Crippen molar-refractivity contribution in [2.75, 3.05) is 13.7 Å². The summed E-state index contributed by atoms with van der Waals surface area (Å²) >= 11 is 1.72. The van der Waals surface area contributed by atoms with Crippen molar-refractivity contribution in [2.24, 2.45) is 0 Å². The van der Waals surface area contributed by atoms with E-state index < -0.39 is 0 Å². The molecule has 1 aliphatic rings. The minimum Gasteiger partial charge on any atom is -0.496 e. The molecule has 1 aliphatic heterocycles. The standard InChI is InChI=1S/C15H17NO2S/c1-17-14-6-7-19-15(14)8-16-13-10-18-9-11-4-2-3-5-12(11)13/h2-7,13,16H,8-10H2,1H3. The fourth-order valence-corrected chi connectivity index (χ4v) is 3.20. The van der Waals surface area contributed by atoms with Crippen LogP contribution in [0.25, 0.3) is 0 Å². The van der Waals surface area contributed by atoms with Gasteiger partial charge in [0.1, 0.15) is 5.75 Å². The van der Waals surface area contributed by atoms with E-state index in [1.807, 2.05) is 6.07 Å². The molecule has 100 valence electrons. The van der Waals surface area contributed by atoms with Gasteiger partial charge in [-0.1, -0.05) is 24.3 Å². The number of nitrogens with one attached hydrogen (secondary N) is 1. The van der Waals surface area contributed by atoms with Crippen molar-refractivity contribution < 1.29 is 9.47 Å². The summed E-state index contributed by atoms with van der Waals surface area (Å²) in [6.45, 7) is 2.25. The predicted molar refractivity (Wildman–Crippen MR) is 76.5 cm³/mol. The Labute approximate surface area is 117 Å². The molecule has 1 aromatic heterocycles. The first-order valence-corrected chi connectivity index (χ1v) is 7.25. The first kappa shape index (κ1) is 12.7. The molecule has 3 rings (SSSR count). The SMILES string of the molecule is COc1ccsc1CNC1COCc2ccccc21. The molecule has 0 fully saturated rings. The average molecular weight is 275 g/mol. The molecule has 0 saturated heterocycles. The van der Waals surface area contributed by atoms with Crippen LogP contribution in [0.3, 0.4) is 0 Å². The van der Waals surface area contributed by atoms with Gasteiger partial charge in [-0.25, -0.2) is 0 Å². The molecule has 0 amide bonds. The molecule has 0 spiro atoms. The van der Waals surface area contributed by atoms with E-state index in [0.29, 0.717) is 0 Å². The number of fused-ring (bicyclic) bond motifs is 1. The lowest BCUT2D eigenvalue weighted by molar-refractivity contribution is 0.0817. The van der Waals surface area contributed by atoms with Crippen molar-refractivity contribution in [1.82, 2.24) is 5.32 Å². The third-order valence-corrected chi connectivity index (χ3v) is 4.31. The number of ether oxygens (including phenoxy) is 2. The van der Waals surface area contributed by atoms with Crippen molar-refractivity contribution in [3.8, 4) is 5.75 Å². The van der Waals surface area contributed by atoms with Crippen LogP contribution in [0.15, 0.2) is 35.7 Å². The zero-order valence-corrected chi connectivity index (χ0v) is 11.7. The predicted octanol–water partition coefficient (Wildman–Crippen LogP) is 3.12. The van der Waals surface area contributed by atoms with Gasteiger partial charge in [0.25, 0.3) is 0 Å². The van der Waals surface area contributed by atoms with Gasteiger partial charge < -0.3 is 14.8 Å². The molecule has 2 heterocycles. The van der Waals surface area contributed by atoms with Crippen LogP contribution in [0.2, 0.25) is 0 Å². The second-order valence-corrected chi connectivity index (χ2v) is 5.56. The molecule has 0 radical (unpaired) electrons. The Morgan fingerprint density at radius 3 is 3.16 bits per heavy atom. The number of hydrogen-bond acceptors (Lipinski definition) is 4. The minimum absolute atomic E-state index is 0.261. The summed E-state index contributed by atoms with van der Waals surface area (Å²) in [7, 11) is 1.71. The molecule has 1 unspecified atom stereocenters. The highest BCUT2D eigenvalue weighted by atomic mass is 32.1. The summed E-state index contributed by atoms with van der Waals surface area (Å²) in [4.78, 5) is 1.23. The number of benzene rings is 1. The van der Waals surface area contributed by atoms with Crippen molar-refractivity contribution >= 4 is 11.3 Å². The summed E-state index contributed by atoms with van der Waals surface area (Å²) in [6.07, 6.45) is 0. The van der Waals surface area contributed by atoms with E-state index in [1.165, 1.54) is 16.0 Å². The molecule has 1 N–H and O–H groups in total. The number of thiophene rings is 1. The quantitative estimate of drug-likeness (QED) is 0.930. The Morgan fingerprint density at radius 1 is 1.37 bits per heavy atom. The largest absolute Gasteiger partial charge is 0.496 e. The fraction of sp³-hybridized carbons (Fsp3) is 0.333. The Hall–Kier alpha value is -1.36. The van der Waals surface area contributed by atoms with Crippen molar-refractivity contribution in [1.29, 1.82) is 0 Å². The van der Waals surface area contributed by atoms with Crippen molar-refractivity contribution in [2.45, 2.75) is 19.2 Å². The van der Waals surface area contributed by atoms with Gasteiger partial charge in [-0.2, -0.15) is 0 Å². The van der Waals surface area contributed by atoms with Gasteiger partial charge in [-0.3, -0.25) is 0 Å². The smallest absolute Gasteiger partial charge is 0.134 e. The molecular weight excluding hydrogens is 258 g/mol. The van der Waals surface area contributed by atoms with Crippen molar-refractivity contribution in [3.63, 3.8) is 0 Å². The first-order valence-electron chi connectivity index (χ1n) is 6.38. The number of rotatable bonds is 4. The van der Waals surface area contributed by atoms with Crippen LogP contribution >= 0.6 is 11.3 Å². The number of methoxy groups -OCH3 is 1. The monoisotopic (exact) mass is 275 g/mol. The van der Waals surface area contributed by atoms with Gasteiger partial charge in [0.2, 0.25) is 0 Å².